The fourth-order valence-electron chi connectivity index (χ4n) is 2.72. The molecule has 1 aromatic heterocycles. The molecule has 0 saturated heterocycles. The lowest BCUT2D eigenvalue weighted by atomic mass is 10.1. The van der Waals surface area contributed by atoms with Crippen LogP contribution in [0.5, 0.6) is 11.5 Å². The van der Waals surface area contributed by atoms with Gasteiger partial charge in [-0.25, -0.2) is 0 Å². The van der Waals surface area contributed by atoms with E-state index in [0.717, 1.165) is 11.1 Å². The van der Waals surface area contributed by atoms with Crippen molar-refractivity contribution in [2.24, 2.45) is 0 Å². The van der Waals surface area contributed by atoms with Crippen LogP contribution in [0.3, 0.4) is 0 Å². The second-order valence-electron chi connectivity index (χ2n) is 6.30. The monoisotopic (exact) mass is 396 g/mol. The quantitative estimate of drug-likeness (QED) is 0.586. The van der Waals surface area contributed by atoms with Crippen molar-refractivity contribution in [2.75, 3.05) is 14.2 Å². The van der Waals surface area contributed by atoms with E-state index in [0.29, 0.717) is 35.2 Å². The number of hydrogen-bond acceptors (Lipinski definition) is 4. The molecule has 0 atom stereocenters. The Labute approximate surface area is 169 Å². The van der Waals surface area contributed by atoms with Crippen LogP contribution in [0, 0.1) is 0 Å². The van der Waals surface area contributed by atoms with Crippen molar-refractivity contribution in [1.82, 2.24) is 9.88 Å². The van der Waals surface area contributed by atoms with Crippen LogP contribution in [0.4, 0.5) is 0 Å². The van der Waals surface area contributed by atoms with Gasteiger partial charge in [-0.1, -0.05) is 23.7 Å². The first kappa shape index (κ1) is 19.7. The van der Waals surface area contributed by atoms with E-state index >= 15 is 0 Å². The number of pyridine rings is 1. The molecule has 144 valence electrons. The van der Waals surface area contributed by atoms with Gasteiger partial charge in [0.15, 0.2) is 11.5 Å². The van der Waals surface area contributed by atoms with Crippen LogP contribution in [0.2, 0.25) is 5.02 Å². The Bertz CT molecular complexity index is 930. The third-order valence-corrected chi connectivity index (χ3v) is 4.49. The molecule has 28 heavy (non-hydrogen) atoms. The third-order valence-electron chi connectivity index (χ3n) is 4.23. The van der Waals surface area contributed by atoms with Crippen molar-refractivity contribution in [2.45, 2.75) is 13.2 Å². The molecule has 0 bridgehead atoms. The molecular weight excluding hydrogens is 376 g/mol. The van der Waals surface area contributed by atoms with E-state index in [2.05, 4.69) is 4.98 Å². The molecule has 2 aromatic carbocycles. The lowest BCUT2D eigenvalue weighted by Crippen LogP contribution is -2.26. The Morgan fingerprint density at radius 3 is 2.39 bits per heavy atom. The molecule has 0 radical (unpaired) electrons. The van der Waals surface area contributed by atoms with E-state index in [9.17, 15) is 4.79 Å². The van der Waals surface area contributed by atoms with Gasteiger partial charge in [-0.15, -0.1) is 0 Å². The summed E-state index contributed by atoms with van der Waals surface area (Å²) in [4.78, 5) is 18.4. The third kappa shape index (κ3) is 5.02. The number of methoxy groups -OCH3 is 1. The van der Waals surface area contributed by atoms with Gasteiger partial charge in [0.1, 0.15) is 6.61 Å². The van der Waals surface area contributed by atoms with E-state index in [1.165, 1.54) is 0 Å². The summed E-state index contributed by atoms with van der Waals surface area (Å²) in [6, 6.07) is 16.4. The first-order valence-electron chi connectivity index (χ1n) is 8.76. The average molecular weight is 397 g/mol. The van der Waals surface area contributed by atoms with E-state index in [4.69, 9.17) is 21.1 Å². The van der Waals surface area contributed by atoms with Gasteiger partial charge in [-0.05, 0) is 53.6 Å². The fourth-order valence-corrected chi connectivity index (χ4v) is 2.84. The van der Waals surface area contributed by atoms with Crippen molar-refractivity contribution >= 4 is 17.5 Å². The zero-order valence-corrected chi connectivity index (χ0v) is 16.5. The van der Waals surface area contributed by atoms with Crippen LogP contribution in [0.1, 0.15) is 21.5 Å². The molecular formula is C22H21ClN2O3. The first-order valence-corrected chi connectivity index (χ1v) is 9.14. The molecule has 6 heteroatoms. The van der Waals surface area contributed by atoms with Crippen molar-refractivity contribution in [1.29, 1.82) is 0 Å². The summed E-state index contributed by atoms with van der Waals surface area (Å²) < 4.78 is 11.3. The topological polar surface area (TPSA) is 51.7 Å². The highest BCUT2D eigenvalue weighted by atomic mass is 35.5. The van der Waals surface area contributed by atoms with Crippen LogP contribution >= 0.6 is 11.6 Å². The Kier molecular flexibility index (Phi) is 6.50. The number of ether oxygens (including phenoxy) is 2. The maximum absolute atomic E-state index is 12.7. The van der Waals surface area contributed by atoms with Crippen molar-refractivity contribution in [3.05, 3.63) is 88.7 Å². The smallest absolute Gasteiger partial charge is 0.254 e. The molecule has 0 N–H and O–H groups in total. The first-order chi connectivity index (χ1) is 13.6. The minimum absolute atomic E-state index is 0.0978. The van der Waals surface area contributed by atoms with Gasteiger partial charge in [0.05, 0.1) is 7.11 Å². The van der Waals surface area contributed by atoms with Gasteiger partial charge in [0, 0.05) is 36.6 Å². The van der Waals surface area contributed by atoms with E-state index in [1.54, 1.807) is 49.7 Å². The maximum Gasteiger partial charge on any atom is 0.254 e. The molecule has 1 amide bonds. The molecule has 0 spiro atoms. The van der Waals surface area contributed by atoms with Crippen molar-refractivity contribution < 1.29 is 14.3 Å². The Morgan fingerprint density at radius 2 is 1.71 bits per heavy atom. The van der Waals surface area contributed by atoms with E-state index in [-0.39, 0.29) is 5.91 Å². The molecule has 0 aliphatic carbocycles. The highest BCUT2D eigenvalue weighted by Gasteiger charge is 2.15. The number of carbonyl (C=O) groups is 1. The summed E-state index contributed by atoms with van der Waals surface area (Å²) >= 11 is 5.90. The Balaban J connectivity index is 1.69. The summed E-state index contributed by atoms with van der Waals surface area (Å²) in [5.74, 6) is 0.988. The minimum atomic E-state index is -0.0978. The molecule has 0 saturated carbocycles. The zero-order chi connectivity index (χ0) is 19.9. The van der Waals surface area contributed by atoms with Crippen LogP contribution in [-0.4, -0.2) is 29.9 Å². The summed E-state index contributed by atoms with van der Waals surface area (Å²) in [7, 11) is 3.32. The summed E-state index contributed by atoms with van der Waals surface area (Å²) in [6.45, 7) is 0.876. The number of amides is 1. The molecule has 0 unspecified atom stereocenters. The fraction of sp³-hybridized carbons (Fsp3) is 0.182. The number of carbonyl (C=O) groups excluding carboxylic acids is 1. The van der Waals surface area contributed by atoms with Gasteiger partial charge in [-0.3, -0.25) is 9.78 Å². The van der Waals surface area contributed by atoms with Crippen LogP contribution in [0.15, 0.2) is 67.0 Å². The average Bonchev–Trinajstić information content (AvgIpc) is 2.73. The van der Waals surface area contributed by atoms with Crippen LogP contribution in [-0.2, 0) is 13.2 Å². The minimum Gasteiger partial charge on any atom is -0.493 e. The van der Waals surface area contributed by atoms with Gasteiger partial charge >= 0.3 is 0 Å². The van der Waals surface area contributed by atoms with Gasteiger partial charge in [-0.2, -0.15) is 0 Å². The maximum atomic E-state index is 12.7. The number of hydrogen-bond donors (Lipinski definition) is 0. The molecule has 1 heterocycles. The molecule has 5 nitrogen and oxygen atoms in total. The van der Waals surface area contributed by atoms with Crippen molar-refractivity contribution in [3.8, 4) is 11.5 Å². The number of halogens is 1. The molecule has 0 aliphatic rings. The molecule has 0 aliphatic heterocycles. The predicted octanol–water partition coefficient (Wildman–Crippen LogP) is 4.59. The molecule has 3 aromatic rings. The molecule has 0 fully saturated rings. The second-order valence-corrected chi connectivity index (χ2v) is 6.73. The largest absolute Gasteiger partial charge is 0.493 e. The lowest BCUT2D eigenvalue weighted by molar-refractivity contribution is 0.0784. The summed E-state index contributed by atoms with van der Waals surface area (Å²) in [5, 5.41) is 0.681. The number of aromatic nitrogens is 1. The normalized spacial score (nSPS) is 10.4. The molecule has 3 rings (SSSR count). The van der Waals surface area contributed by atoms with Crippen molar-refractivity contribution in [3.63, 3.8) is 0 Å². The highest BCUT2D eigenvalue weighted by Crippen LogP contribution is 2.29. The summed E-state index contributed by atoms with van der Waals surface area (Å²) in [5.41, 5.74) is 2.54. The Morgan fingerprint density at radius 1 is 1.00 bits per heavy atom. The second kappa shape index (κ2) is 9.24. The van der Waals surface area contributed by atoms with Gasteiger partial charge in [0.25, 0.3) is 5.91 Å². The van der Waals surface area contributed by atoms with Crippen LogP contribution in [0.25, 0.3) is 0 Å². The lowest BCUT2D eigenvalue weighted by Gasteiger charge is -2.18. The summed E-state index contributed by atoms with van der Waals surface area (Å²) in [6.07, 6.45) is 3.42. The van der Waals surface area contributed by atoms with E-state index in [1.807, 2.05) is 36.4 Å². The number of nitrogens with zero attached hydrogens (tertiary/aromatic N) is 2. The SMILES string of the molecule is COc1cc(C(=O)N(C)Cc2ccncc2)ccc1OCc1ccc(Cl)cc1. The zero-order valence-electron chi connectivity index (χ0n) is 15.8. The number of benzene rings is 2. The predicted molar refractivity (Wildman–Crippen MR) is 109 cm³/mol. The standard InChI is InChI=1S/C22H21ClN2O3/c1-25(14-16-9-11-24-12-10-16)22(26)18-5-8-20(21(13-18)27-2)28-15-17-3-6-19(23)7-4-17/h3-13H,14-15H2,1-2H3. The van der Waals surface area contributed by atoms with Crippen LogP contribution < -0.4 is 9.47 Å². The van der Waals surface area contributed by atoms with Gasteiger partial charge < -0.3 is 14.4 Å². The highest BCUT2D eigenvalue weighted by molar-refractivity contribution is 6.30. The Hall–Kier alpha value is -3.05. The number of rotatable bonds is 7. The van der Waals surface area contributed by atoms with Gasteiger partial charge in [0.2, 0.25) is 0 Å². The van der Waals surface area contributed by atoms with E-state index < -0.39 is 0 Å².